The van der Waals surface area contributed by atoms with Crippen LogP contribution in [0.3, 0.4) is 0 Å². The number of ether oxygens (including phenoxy) is 1. The number of rotatable bonds is 4. The predicted octanol–water partition coefficient (Wildman–Crippen LogP) is 5.40. The first kappa shape index (κ1) is 21.5. The quantitative estimate of drug-likeness (QED) is 0.538. The fraction of sp³-hybridized carbons (Fsp3) is 0.269. The number of cyclic esters (lactones) is 1. The van der Waals surface area contributed by atoms with Gasteiger partial charge in [-0.25, -0.2) is 4.79 Å². The summed E-state index contributed by atoms with van der Waals surface area (Å²) in [5.41, 5.74) is 3.14. The standard InChI is InChI=1S/C26H22F3NO3/c27-26(28,29)18-7-6-17(22(13-18)16-4-2-1-3-5-16)12-24-21-9-8-19(14-23(21)25(32)33-24)30-11-10-20(31)15-30/h1-9,13-14,20,24,31H,10-12,15H2/t20-,24?/m1/s1. The minimum Gasteiger partial charge on any atom is -0.454 e. The molecule has 2 aliphatic heterocycles. The molecule has 170 valence electrons. The third-order valence-electron chi connectivity index (χ3n) is 6.31. The van der Waals surface area contributed by atoms with E-state index in [0.717, 1.165) is 23.4 Å². The molecule has 3 aromatic rings. The molecule has 0 amide bonds. The number of esters is 1. The number of nitrogens with zero attached hydrogens (tertiary/aromatic N) is 1. The first-order chi connectivity index (χ1) is 15.8. The summed E-state index contributed by atoms with van der Waals surface area (Å²) in [6, 6.07) is 18.1. The fourth-order valence-corrected chi connectivity index (χ4v) is 4.60. The second-order valence-corrected chi connectivity index (χ2v) is 8.49. The number of alkyl halides is 3. The molecule has 0 spiro atoms. The van der Waals surface area contributed by atoms with Gasteiger partial charge < -0.3 is 14.7 Å². The number of benzene rings is 3. The molecule has 1 fully saturated rings. The average Bonchev–Trinajstić information content (AvgIpc) is 3.37. The molecule has 1 N–H and O–H groups in total. The molecule has 2 atom stereocenters. The Morgan fingerprint density at radius 1 is 1.00 bits per heavy atom. The minimum atomic E-state index is -4.45. The maximum atomic E-state index is 13.4. The fourth-order valence-electron chi connectivity index (χ4n) is 4.60. The van der Waals surface area contributed by atoms with Crippen molar-refractivity contribution < 1.29 is 27.8 Å². The van der Waals surface area contributed by atoms with Gasteiger partial charge in [-0.05, 0) is 47.4 Å². The van der Waals surface area contributed by atoms with Crippen LogP contribution in [0.1, 0.15) is 39.6 Å². The van der Waals surface area contributed by atoms with Crippen LogP contribution >= 0.6 is 0 Å². The lowest BCUT2D eigenvalue weighted by Gasteiger charge is -2.19. The number of hydrogen-bond donors (Lipinski definition) is 1. The first-order valence-electron chi connectivity index (χ1n) is 10.8. The average molecular weight is 453 g/mol. The molecule has 7 heteroatoms. The highest BCUT2D eigenvalue weighted by atomic mass is 19.4. The van der Waals surface area contributed by atoms with Gasteiger partial charge in [0.1, 0.15) is 6.10 Å². The number of aliphatic hydroxyl groups is 1. The van der Waals surface area contributed by atoms with Crippen molar-refractivity contribution in [1.82, 2.24) is 0 Å². The zero-order chi connectivity index (χ0) is 23.2. The zero-order valence-corrected chi connectivity index (χ0v) is 17.7. The molecule has 0 bridgehead atoms. The van der Waals surface area contributed by atoms with E-state index in [4.69, 9.17) is 4.74 Å². The molecule has 0 saturated carbocycles. The van der Waals surface area contributed by atoms with E-state index < -0.39 is 23.8 Å². The highest BCUT2D eigenvalue weighted by Gasteiger charge is 2.34. The van der Waals surface area contributed by atoms with Gasteiger partial charge in [0.15, 0.2) is 0 Å². The van der Waals surface area contributed by atoms with Gasteiger partial charge in [0.2, 0.25) is 0 Å². The van der Waals surface area contributed by atoms with Crippen LogP contribution in [-0.4, -0.2) is 30.3 Å². The maximum Gasteiger partial charge on any atom is 0.416 e. The van der Waals surface area contributed by atoms with E-state index in [1.165, 1.54) is 6.07 Å². The van der Waals surface area contributed by atoms with E-state index in [0.29, 0.717) is 41.8 Å². The van der Waals surface area contributed by atoms with Crippen LogP contribution in [0.2, 0.25) is 0 Å². The molecule has 3 aromatic carbocycles. The summed E-state index contributed by atoms with van der Waals surface area (Å²) < 4.78 is 45.7. The van der Waals surface area contributed by atoms with Crippen LogP contribution < -0.4 is 4.90 Å². The summed E-state index contributed by atoms with van der Waals surface area (Å²) in [7, 11) is 0. The third kappa shape index (κ3) is 4.20. The Hall–Kier alpha value is -3.32. The molecular formula is C26H22F3NO3. The monoisotopic (exact) mass is 453 g/mol. The Labute approximate surface area is 189 Å². The van der Waals surface area contributed by atoms with Crippen LogP contribution in [0.15, 0.2) is 66.7 Å². The SMILES string of the molecule is O=C1OC(Cc2ccc(C(F)(F)F)cc2-c2ccccc2)c2ccc(N3CC[C@@H](O)C3)cc21. The number of anilines is 1. The van der Waals surface area contributed by atoms with Crippen molar-refractivity contribution >= 4 is 11.7 Å². The highest BCUT2D eigenvalue weighted by Crippen LogP contribution is 2.39. The van der Waals surface area contributed by atoms with E-state index in [1.54, 1.807) is 30.3 Å². The Morgan fingerprint density at radius 3 is 2.48 bits per heavy atom. The van der Waals surface area contributed by atoms with Crippen LogP contribution in [0.25, 0.3) is 11.1 Å². The number of β-amino-alcohol motifs (C(OH)–C–C–N with tert-alkyl or cyclic N) is 1. The number of carbonyl (C=O) groups excluding carboxylic acids is 1. The van der Waals surface area contributed by atoms with Gasteiger partial charge in [0.05, 0.1) is 17.2 Å². The summed E-state index contributed by atoms with van der Waals surface area (Å²) in [4.78, 5) is 14.6. The van der Waals surface area contributed by atoms with Crippen molar-refractivity contribution in [2.24, 2.45) is 0 Å². The van der Waals surface area contributed by atoms with Crippen molar-refractivity contribution in [3.8, 4) is 11.1 Å². The van der Waals surface area contributed by atoms with Crippen molar-refractivity contribution in [2.45, 2.75) is 31.2 Å². The van der Waals surface area contributed by atoms with Crippen molar-refractivity contribution in [3.63, 3.8) is 0 Å². The smallest absolute Gasteiger partial charge is 0.416 e. The molecule has 0 radical (unpaired) electrons. The molecule has 2 aliphatic rings. The summed E-state index contributed by atoms with van der Waals surface area (Å²) in [5.74, 6) is -0.440. The molecule has 4 nitrogen and oxygen atoms in total. The van der Waals surface area contributed by atoms with E-state index in [9.17, 15) is 23.1 Å². The van der Waals surface area contributed by atoms with Gasteiger partial charge in [-0.1, -0.05) is 42.5 Å². The van der Waals surface area contributed by atoms with Gasteiger partial charge >= 0.3 is 12.1 Å². The van der Waals surface area contributed by atoms with Gasteiger partial charge in [0.25, 0.3) is 0 Å². The predicted molar refractivity (Wildman–Crippen MR) is 118 cm³/mol. The van der Waals surface area contributed by atoms with Crippen molar-refractivity contribution in [2.75, 3.05) is 18.0 Å². The molecular weight excluding hydrogens is 431 g/mol. The molecule has 0 aromatic heterocycles. The largest absolute Gasteiger partial charge is 0.454 e. The minimum absolute atomic E-state index is 0.267. The van der Waals surface area contributed by atoms with Gasteiger partial charge in [-0.15, -0.1) is 0 Å². The summed E-state index contributed by atoms with van der Waals surface area (Å²) >= 11 is 0. The Balaban J connectivity index is 1.48. The summed E-state index contributed by atoms with van der Waals surface area (Å²) in [6.45, 7) is 1.23. The Bertz CT molecular complexity index is 1190. The number of aliphatic hydroxyl groups excluding tert-OH is 1. The Morgan fingerprint density at radius 2 is 1.79 bits per heavy atom. The lowest BCUT2D eigenvalue weighted by atomic mass is 9.91. The summed E-state index contributed by atoms with van der Waals surface area (Å²) in [6.07, 6.45) is -4.46. The molecule has 1 saturated heterocycles. The van der Waals surface area contributed by atoms with Gasteiger partial charge in [0, 0.05) is 30.8 Å². The van der Waals surface area contributed by atoms with Gasteiger partial charge in [-0.3, -0.25) is 0 Å². The summed E-state index contributed by atoms with van der Waals surface area (Å²) in [5, 5.41) is 9.80. The van der Waals surface area contributed by atoms with E-state index in [1.807, 2.05) is 23.1 Å². The van der Waals surface area contributed by atoms with Gasteiger partial charge in [-0.2, -0.15) is 13.2 Å². The molecule has 33 heavy (non-hydrogen) atoms. The highest BCUT2D eigenvalue weighted by molar-refractivity contribution is 5.95. The maximum absolute atomic E-state index is 13.4. The second kappa shape index (κ2) is 8.23. The normalized spacial score (nSPS) is 20.1. The Kier molecular flexibility index (Phi) is 5.37. The molecule has 1 unspecified atom stereocenters. The van der Waals surface area contributed by atoms with E-state index in [2.05, 4.69) is 0 Å². The number of fused-ring (bicyclic) bond motifs is 1. The zero-order valence-electron chi connectivity index (χ0n) is 17.7. The van der Waals surface area contributed by atoms with E-state index in [-0.39, 0.29) is 12.5 Å². The molecule has 5 rings (SSSR count). The molecule has 2 heterocycles. The van der Waals surface area contributed by atoms with Crippen LogP contribution in [0.4, 0.5) is 18.9 Å². The lowest BCUT2D eigenvalue weighted by molar-refractivity contribution is -0.137. The second-order valence-electron chi connectivity index (χ2n) is 8.49. The number of halogens is 3. The van der Waals surface area contributed by atoms with E-state index >= 15 is 0 Å². The van der Waals surface area contributed by atoms with Crippen LogP contribution in [0.5, 0.6) is 0 Å². The number of carbonyl (C=O) groups is 1. The van der Waals surface area contributed by atoms with Crippen LogP contribution in [0, 0.1) is 0 Å². The van der Waals surface area contributed by atoms with Crippen LogP contribution in [-0.2, 0) is 17.3 Å². The molecule has 0 aliphatic carbocycles. The van der Waals surface area contributed by atoms with Crippen molar-refractivity contribution in [3.05, 3.63) is 89.0 Å². The first-order valence-corrected chi connectivity index (χ1v) is 10.8. The number of hydrogen-bond acceptors (Lipinski definition) is 4. The third-order valence-corrected chi connectivity index (χ3v) is 6.31. The lowest BCUT2D eigenvalue weighted by Crippen LogP contribution is -2.21. The topological polar surface area (TPSA) is 49.8 Å². The van der Waals surface area contributed by atoms with Crippen molar-refractivity contribution in [1.29, 1.82) is 0 Å².